The average Bonchev–Trinajstić information content (AvgIpc) is 2.42. The summed E-state index contributed by atoms with van der Waals surface area (Å²) in [6.45, 7) is 8.38. The third-order valence-corrected chi connectivity index (χ3v) is 3.16. The molecule has 6 nitrogen and oxygen atoms in total. The second-order valence-electron chi connectivity index (χ2n) is 5.71. The van der Waals surface area contributed by atoms with E-state index in [1.165, 1.54) is 0 Å². The molecule has 1 aromatic heterocycles. The fourth-order valence-electron chi connectivity index (χ4n) is 2.00. The van der Waals surface area contributed by atoms with Crippen LogP contribution in [0.15, 0.2) is 6.20 Å². The molecule has 1 N–H and O–H groups in total. The maximum Gasteiger partial charge on any atom is 0.356 e. The van der Waals surface area contributed by atoms with Crippen LogP contribution in [-0.2, 0) is 0 Å². The third kappa shape index (κ3) is 4.97. The van der Waals surface area contributed by atoms with Crippen molar-refractivity contribution in [2.45, 2.75) is 33.1 Å². The Morgan fingerprint density at radius 3 is 2.43 bits per heavy atom. The molecule has 118 valence electrons. The molecular formula is C15H26N4O2. The molecule has 0 fully saturated rings. The van der Waals surface area contributed by atoms with Crippen molar-refractivity contribution in [2.75, 3.05) is 38.6 Å². The predicted molar refractivity (Wildman–Crippen MR) is 84.1 cm³/mol. The minimum absolute atomic E-state index is 0.0981. The van der Waals surface area contributed by atoms with E-state index in [1.807, 2.05) is 32.8 Å². The Hall–Kier alpha value is -1.69. The molecular weight excluding hydrogens is 268 g/mol. The maximum absolute atomic E-state index is 11.5. The van der Waals surface area contributed by atoms with Gasteiger partial charge in [0.2, 0.25) is 0 Å². The fraction of sp³-hybridized carbons (Fsp3) is 0.667. The minimum atomic E-state index is -1.000. The summed E-state index contributed by atoms with van der Waals surface area (Å²) in [6.07, 6.45) is 2.59. The second-order valence-corrected chi connectivity index (χ2v) is 5.71. The van der Waals surface area contributed by atoms with E-state index < -0.39 is 5.97 Å². The normalized spacial score (nSPS) is 11.2. The van der Waals surface area contributed by atoms with Gasteiger partial charge in [-0.2, -0.15) is 0 Å². The third-order valence-electron chi connectivity index (χ3n) is 3.16. The highest BCUT2D eigenvalue weighted by Gasteiger charge is 2.20. The van der Waals surface area contributed by atoms with Crippen molar-refractivity contribution in [3.05, 3.63) is 17.7 Å². The summed E-state index contributed by atoms with van der Waals surface area (Å²) in [5.74, 6) is -0.320. The zero-order valence-corrected chi connectivity index (χ0v) is 13.6. The Balaban J connectivity index is 3.13. The number of nitrogens with zero attached hydrogens (tertiary/aromatic N) is 4. The van der Waals surface area contributed by atoms with Crippen LogP contribution in [0.25, 0.3) is 0 Å². The molecule has 0 atom stereocenters. The summed E-state index contributed by atoms with van der Waals surface area (Å²) in [6, 6.07) is 0. The number of carboxylic acids is 1. The maximum atomic E-state index is 11.5. The first kappa shape index (κ1) is 17.4. The second kappa shape index (κ2) is 7.93. The Morgan fingerprint density at radius 2 is 1.95 bits per heavy atom. The Bertz CT molecular complexity index is 475. The summed E-state index contributed by atoms with van der Waals surface area (Å²) in [5, 5.41) is 9.44. The van der Waals surface area contributed by atoms with Gasteiger partial charge in [0.15, 0.2) is 5.69 Å². The molecule has 0 saturated carbocycles. The summed E-state index contributed by atoms with van der Waals surface area (Å²) in [5.41, 5.74) is 0.705. The van der Waals surface area contributed by atoms with Crippen molar-refractivity contribution in [1.82, 2.24) is 14.9 Å². The van der Waals surface area contributed by atoms with Gasteiger partial charge in [0, 0.05) is 25.6 Å². The number of rotatable bonds is 8. The van der Waals surface area contributed by atoms with Crippen molar-refractivity contribution in [1.29, 1.82) is 0 Å². The Labute approximate surface area is 126 Å². The van der Waals surface area contributed by atoms with Crippen molar-refractivity contribution >= 4 is 11.7 Å². The lowest BCUT2D eigenvalue weighted by Gasteiger charge is -2.26. The van der Waals surface area contributed by atoms with Crippen LogP contribution in [0, 0.1) is 0 Å². The van der Waals surface area contributed by atoms with Gasteiger partial charge < -0.3 is 14.9 Å². The van der Waals surface area contributed by atoms with Gasteiger partial charge in [-0.05, 0) is 20.5 Å². The molecule has 0 aliphatic carbocycles. The van der Waals surface area contributed by atoms with Crippen molar-refractivity contribution in [3.8, 4) is 0 Å². The van der Waals surface area contributed by atoms with E-state index in [0.29, 0.717) is 11.5 Å². The number of hydrogen-bond acceptors (Lipinski definition) is 5. The molecule has 0 aliphatic heterocycles. The van der Waals surface area contributed by atoms with Gasteiger partial charge in [0.05, 0.1) is 11.9 Å². The lowest BCUT2D eigenvalue weighted by atomic mass is 10.2. The highest BCUT2D eigenvalue weighted by Crippen LogP contribution is 2.21. The van der Waals surface area contributed by atoms with Crippen LogP contribution in [0.4, 0.5) is 5.69 Å². The predicted octanol–water partition coefficient (Wildman–Crippen LogP) is 2.08. The molecule has 0 spiro atoms. The Morgan fingerprint density at radius 1 is 1.29 bits per heavy atom. The lowest BCUT2D eigenvalue weighted by Crippen LogP contribution is -2.34. The number of hydrogen-bond donors (Lipinski definition) is 1. The largest absolute Gasteiger partial charge is 0.476 e. The molecule has 0 unspecified atom stereocenters. The topological polar surface area (TPSA) is 69.6 Å². The zero-order chi connectivity index (χ0) is 16.0. The van der Waals surface area contributed by atoms with Crippen LogP contribution < -0.4 is 4.90 Å². The molecule has 0 saturated heterocycles. The zero-order valence-electron chi connectivity index (χ0n) is 13.6. The van der Waals surface area contributed by atoms with E-state index in [9.17, 15) is 9.90 Å². The first-order valence-corrected chi connectivity index (χ1v) is 7.36. The molecule has 0 radical (unpaired) electrons. The van der Waals surface area contributed by atoms with E-state index in [2.05, 4.69) is 21.8 Å². The number of anilines is 1. The van der Waals surface area contributed by atoms with Gasteiger partial charge in [-0.15, -0.1) is 0 Å². The molecule has 21 heavy (non-hydrogen) atoms. The van der Waals surface area contributed by atoms with Crippen LogP contribution in [-0.4, -0.2) is 59.7 Å². The molecule has 0 amide bonds. The summed E-state index contributed by atoms with van der Waals surface area (Å²) < 4.78 is 0. The first-order chi connectivity index (χ1) is 9.86. The summed E-state index contributed by atoms with van der Waals surface area (Å²) >= 11 is 0. The molecule has 6 heteroatoms. The van der Waals surface area contributed by atoms with E-state index in [1.54, 1.807) is 6.20 Å². The van der Waals surface area contributed by atoms with Crippen molar-refractivity contribution < 1.29 is 9.90 Å². The van der Waals surface area contributed by atoms with E-state index in [4.69, 9.17) is 0 Å². The lowest BCUT2D eigenvalue weighted by molar-refractivity contribution is 0.0690. The van der Waals surface area contributed by atoms with Gasteiger partial charge in [-0.3, -0.25) is 0 Å². The van der Waals surface area contributed by atoms with E-state index in [-0.39, 0.29) is 11.6 Å². The molecule has 0 bridgehead atoms. The summed E-state index contributed by atoms with van der Waals surface area (Å²) in [4.78, 5) is 24.2. The van der Waals surface area contributed by atoms with Crippen LogP contribution in [0.5, 0.6) is 0 Å². The molecule has 1 rings (SSSR count). The van der Waals surface area contributed by atoms with Crippen molar-refractivity contribution in [3.63, 3.8) is 0 Å². The molecule has 0 aromatic carbocycles. The van der Waals surface area contributed by atoms with Crippen LogP contribution in [0.1, 0.15) is 49.4 Å². The van der Waals surface area contributed by atoms with Gasteiger partial charge in [-0.1, -0.05) is 20.8 Å². The number of aromatic nitrogens is 2. The van der Waals surface area contributed by atoms with Crippen LogP contribution >= 0.6 is 0 Å². The van der Waals surface area contributed by atoms with E-state index >= 15 is 0 Å². The van der Waals surface area contributed by atoms with Crippen LogP contribution in [0.2, 0.25) is 0 Å². The molecule has 0 aliphatic rings. The fourth-order valence-corrected chi connectivity index (χ4v) is 2.00. The average molecular weight is 294 g/mol. The van der Waals surface area contributed by atoms with Crippen molar-refractivity contribution in [2.24, 2.45) is 0 Å². The first-order valence-electron chi connectivity index (χ1n) is 7.36. The van der Waals surface area contributed by atoms with Crippen LogP contribution in [0.3, 0.4) is 0 Å². The quantitative estimate of drug-likeness (QED) is 0.791. The smallest absolute Gasteiger partial charge is 0.356 e. The Kier molecular flexibility index (Phi) is 6.55. The number of carbonyl (C=O) groups is 1. The number of aromatic carboxylic acids is 1. The van der Waals surface area contributed by atoms with Gasteiger partial charge >= 0.3 is 5.97 Å². The van der Waals surface area contributed by atoms with Gasteiger partial charge in [0.1, 0.15) is 5.82 Å². The molecule has 1 heterocycles. The van der Waals surface area contributed by atoms with E-state index in [0.717, 1.165) is 26.1 Å². The van der Waals surface area contributed by atoms with Gasteiger partial charge in [0.25, 0.3) is 0 Å². The molecule has 1 aromatic rings. The highest BCUT2D eigenvalue weighted by molar-refractivity contribution is 5.92. The summed E-state index contributed by atoms with van der Waals surface area (Å²) in [7, 11) is 4.00. The highest BCUT2D eigenvalue weighted by atomic mass is 16.4. The number of carboxylic acid groups (broad SMARTS) is 1. The standard InChI is InChI=1S/C15H26N4O2/c1-6-7-19(9-8-18(4)5)12-10-16-14(11(2)3)17-13(12)15(20)21/h10-11H,6-9H2,1-5H3,(H,20,21). The minimum Gasteiger partial charge on any atom is -0.476 e. The monoisotopic (exact) mass is 294 g/mol. The van der Waals surface area contributed by atoms with Gasteiger partial charge in [-0.25, -0.2) is 14.8 Å². The number of likely N-dealkylation sites (N-methyl/N-ethyl adjacent to an activating group) is 1. The SMILES string of the molecule is CCCN(CCN(C)C)c1cnc(C(C)C)nc1C(=O)O.